The maximum absolute atomic E-state index is 12.6. The van der Waals surface area contributed by atoms with E-state index < -0.39 is 0 Å². The molecule has 0 saturated heterocycles. The molecule has 3 N–H and O–H groups in total. The second-order valence-electron chi connectivity index (χ2n) is 7.01. The summed E-state index contributed by atoms with van der Waals surface area (Å²) in [6, 6.07) is 12.0. The van der Waals surface area contributed by atoms with Gasteiger partial charge in [-0.25, -0.2) is 5.01 Å². The first-order chi connectivity index (χ1) is 12.2. The molecule has 0 atom stereocenters. The van der Waals surface area contributed by atoms with Crippen molar-refractivity contribution in [2.24, 2.45) is 5.73 Å². The van der Waals surface area contributed by atoms with Crippen molar-refractivity contribution in [3.8, 4) is 0 Å². The summed E-state index contributed by atoms with van der Waals surface area (Å²) in [4.78, 5) is 12.6. The monoisotopic (exact) mass is 369 g/mol. The molecule has 0 aliphatic carbocycles. The van der Waals surface area contributed by atoms with E-state index in [-0.39, 0.29) is 17.4 Å². The molecular formula is C21H27N3OS. The fourth-order valence-electron chi connectivity index (χ4n) is 3.07. The number of thiocarbonyl (C=S) groups is 1. The van der Waals surface area contributed by atoms with Gasteiger partial charge in [0.15, 0.2) is 5.11 Å². The highest BCUT2D eigenvalue weighted by molar-refractivity contribution is 7.80. The summed E-state index contributed by atoms with van der Waals surface area (Å²) in [6.07, 6.45) is 0.279. The number of hydrogen-bond donors (Lipinski definition) is 2. The van der Waals surface area contributed by atoms with Crippen LogP contribution in [0.2, 0.25) is 0 Å². The van der Waals surface area contributed by atoms with E-state index in [0.29, 0.717) is 5.92 Å². The number of rotatable bonds is 4. The van der Waals surface area contributed by atoms with Gasteiger partial charge in [0.25, 0.3) is 0 Å². The number of nitrogens with one attached hydrogen (secondary N) is 1. The number of amides is 1. The van der Waals surface area contributed by atoms with Crippen LogP contribution in [0.4, 0.5) is 5.69 Å². The second kappa shape index (κ2) is 8.32. The van der Waals surface area contributed by atoms with Crippen LogP contribution in [0.15, 0.2) is 36.4 Å². The summed E-state index contributed by atoms with van der Waals surface area (Å²) in [5.41, 5.74) is 15.1. The molecular weight excluding hydrogens is 342 g/mol. The zero-order valence-electron chi connectivity index (χ0n) is 16.1. The Morgan fingerprint density at radius 3 is 2.12 bits per heavy atom. The molecule has 0 aliphatic heterocycles. The summed E-state index contributed by atoms with van der Waals surface area (Å²) in [5.74, 6) is 0.283. The highest BCUT2D eigenvalue weighted by atomic mass is 32.1. The summed E-state index contributed by atoms with van der Waals surface area (Å²) in [7, 11) is 0. The average Bonchev–Trinajstić information content (AvgIpc) is 2.55. The Morgan fingerprint density at radius 2 is 1.65 bits per heavy atom. The lowest BCUT2D eigenvalue weighted by Gasteiger charge is -2.24. The van der Waals surface area contributed by atoms with Crippen LogP contribution in [0.5, 0.6) is 0 Å². The van der Waals surface area contributed by atoms with Gasteiger partial charge in [-0.1, -0.05) is 43.7 Å². The van der Waals surface area contributed by atoms with E-state index in [4.69, 9.17) is 18.0 Å². The summed E-state index contributed by atoms with van der Waals surface area (Å²) >= 11 is 5.12. The quantitative estimate of drug-likeness (QED) is 0.630. The first-order valence-electron chi connectivity index (χ1n) is 8.74. The molecule has 2 aromatic carbocycles. The summed E-state index contributed by atoms with van der Waals surface area (Å²) in [5, 5.41) is 1.56. The molecule has 0 unspecified atom stereocenters. The van der Waals surface area contributed by atoms with Crippen molar-refractivity contribution >= 4 is 28.9 Å². The Balaban J connectivity index is 2.17. The van der Waals surface area contributed by atoms with Crippen LogP contribution in [0, 0.1) is 20.8 Å². The Labute approximate surface area is 161 Å². The predicted octanol–water partition coefficient (Wildman–Crippen LogP) is 4.06. The largest absolute Gasteiger partial charge is 0.374 e. The molecule has 0 heterocycles. The lowest BCUT2D eigenvalue weighted by Crippen LogP contribution is -2.49. The lowest BCUT2D eigenvalue weighted by atomic mass is 9.97. The van der Waals surface area contributed by atoms with Gasteiger partial charge in [0.05, 0.1) is 12.1 Å². The maximum Gasteiger partial charge on any atom is 0.243 e. The van der Waals surface area contributed by atoms with E-state index in [1.807, 2.05) is 38.1 Å². The Kier molecular flexibility index (Phi) is 6.37. The molecule has 138 valence electrons. The number of nitrogens with two attached hydrogens (primary N) is 1. The van der Waals surface area contributed by atoms with E-state index >= 15 is 0 Å². The smallest absolute Gasteiger partial charge is 0.243 e. The number of anilines is 1. The van der Waals surface area contributed by atoms with Crippen molar-refractivity contribution in [1.82, 2.24) is 5.43 Å². The molecule has 0 aromatic heterocycles. The van der Waals surface area contributed by atoms with E-state index in [1.54, 1.807) is 0 Å². The van der Waals surface area contributed by atoms with Crippen molar-refractivity contribution in [2.75, 3.05) is 5.01 Å². The van der Waals surface area contributed by atoms with E-state index in [9.17, 15) is 4.79 Å². The SMILES string of the molecule is Cc1cc(C)c(CC(=O)NN(C(N)=S)c2ccc(C(C)C)cc2)c(C)c1. The third kappa shape index (κ3) is 4.82. The standard InChI is InChI=1S/C21H27N3OS/c1-13(2)17-6-8-18(9-7-17)24(21(22)26)23-20(25)12-19-15(4)10-14(3)11-16(19)5/h6-11,13H,12H2,1-5H3,(H2,22,26)(H,23,25). The number of hydrogen-bond acceptors (Lipinski definition) is 2. The third-order valence-electron chi connectivity index (χ3n) is 4.45. The zero-order chi connectivity index (χ0) is 19.4. The van der Waals surface area contributed by atoms with Crippen LogP contribution in [0.25, 0.3) is 0 Å². The van der Waals surface area contributed by atoms with Crippen LogP contribution in [-0.2, 0) is 11.2 Å². The number of hydrazine groups is 1. The number of aryl methyl sites for hydroxylation is 3. The minimum atomic E-state index is -0.152. The molecule has 26 heavy (non-hydrogen) atoms. The van der Waals surface area contributed by atoms with Gasteiger partial charge in [0.2, 0.25) is 5.91 Å². The maximum atomic E-state index is 12.6. The number of benzene rings is 2. The molecule has 2 rings (SSSR count). The molecule has 0 saturated carbocycles. The van der Waals surface area contributed by atoms with Crippen LogP contribution < -0.4 is 16.2 Å². The van der Waals surface area contributed by atoms with Crippen molar-refractivity contribution in [1.29, 1.82) is 0 Å². The molecule has 1 amide bonds. The van der Waals surface area contributed by atoms with Gasteiger partial charge >= 0.3 is 0 Å². The first kappa shape index (κ1) is 19.9. The van der Waals surface area contributed by atoms with E-state index in [0.717, 1.165) is 22.4 Å². The van der Waals surface area contributed by atoms with Gasteiger partial charge in [-0.3, -0.25) is 10.2 Å². The van der Waals surface area contributed by atoms with Crippen LogP contribution >= 0.6 is 12.2 Å². The lowest BCUT2D eigenvalue weighted by molar-refractivity contribution is -0.120. The average molecular weight is 370 g/mol. The van der Waals surface area contributed by atoms with Gasteiger partial charge in [-0.15, -0.1) is 0 Å². The Morgan fingerprint density at radius 1 is 1.12 bits per heavy atom. The van der Waals surface area contributed by atoms with Gasteiger partial charge in [-0.05, 0) is 73.3 Å². The van der Waals surface area contributed by atoms with Gasteiger partial charge in [0, 0.05) is 0 Å². The topological polar surface area (TPSA) is 58.4 Å². The predicted molar refractivity (Wildman–Crippen MR) is 112 cm³/mol. The highest BCUT2D eigenvalue weighted by Gasteiger charge is 2.16. The Bertz CT molecular complexity index is 790. The molecule has 4 nitrogen and oxygen atoms in total. The Hall–Kier alpha value is -2.40. The molecule has 0 radical (unpaired) electrons. The van der Waals surface area contributed by atoms with E-state index in [2.05, 4.69) is 38.3 Å². The normalized spacial score (nSPS) is 10.7. The molecule has 2 aromatic rings. The van der Waals surface area contributed by atoms with E-state index in [1.165, 1.54) is 16.1 Å². The van der Waals surface area contributed by atoms with Crippen LogP contribution in [0.1, 0.15) is 47.6 Å². The number of carbonyl (C=O) groups excluding carboxylic acids is 1. The number of carbonyl (C=O) groups is 1. The van der Waals surface area contributed by atoms with Crippen molar-refractivity contribution in [2.45, 2.75) is 47.0 Å². The van der Waals surface area contributed by atoms with Gasteiger partial charge in [-0.2, -0.15) is 0 Å². The van der Waals surface area contributed by atoms with Gasteiger partial charge < -0.3 is 5.73 Å². The summed E-state index contributed by atoms with van der Waals surface area (Å²) < 4.78 is 0. The zero-order valence-corrected chi connectivity index (χ0v) is 16.9. The molecule has 0 spiro atoms. The minimum absolute atomic E-state index is 0.105. The minimum Gasteiger partial charge on any atom is -0.374 e. The van der Waals surface area contributed by atoms with Crippen molar-refractivity contribution in [3.05, 3.63) is 64.2 Å². The third-order valence-corrected chi connectivity index (χ3v) is 4.64. The van der Waals surface area contributed by atoms with Crippen molar-refractivity contribution < 1.29 is 4.79 Å². The highest BCUT2D eigenvalue weighted by Crippen LogP contribution is 2.20. The summed E-state index contributed by atoms with van der Waals surface area (Å²) in [6.45, 7) is 10.4. The molecule has 0 bridgehead atoms. The first-order valence-corrected chi connectivity index (χ1v) is 9.15. The molecule has 5 heteroatoms. The number of nitrogens with zero attached hydrogens (tertiary/aromatic N) is 1. The fourth-order valence-corrected chi connectivity index (χ4v) is 3.22. The van der Waals surface area contributed by atoms with Gasteiger partial charge in [0.1, 0.15) is 0 Å². The molecule has 0 aliphatic rings. The molecule has 0 fully saturated rings. The van der Waals surface area contributed by atoms with Crippen LogP contribution in [-0.4, -0.2) is 11.0 Å². The van der Waals surface area contributed by atoms with Crippen molar-refractivity contribution in [3.63, 3.8) is 0 Å². The second-order valence-corrected chi connectivity index (χ2v) is 7.43. The van der Waals surface area contributed by atoms with Crippen LogP contribution in [0.3, 0.4) is 0 Å². The fraction of sp³-hybridized carbons (Fsp3) is 0.333.